The summed E-state index contributed by atoms with van der Waals surface area (Å²) < 4.78 is 5.70. The number of ether oxygens (including phenoxy) is 1. The molecular formula is C15H26N4O2. The third-order valence-corrected chi connectivity index (χ3v) is 3.59. The van der Waals surface area contributed by atoms with Gasteiger partial charge in [-0.3, -0.25) is 14.8 Å². The highest BCUT2D eigenvalue weighted by molar-refractivity contribution is 5.92. The first-order valence-corrected chi connectivity index (χ1v) is 7.78. The average Bonchev–Trinajstić information content (AvgIpc) is 2.86. The SMILES string of the molecule is CCCc1cc(C(=O)NCCN2C[C@H](C)O[C@@H](C)C2)n[nH]1. The number of hydrogen-bond donors (Lipinski definition) is 2. The fourth-order valence-corrected chi connectivity index (χ4v) is 2.76. The molecule has 2 heterocycles. The van der Waals surface area contributed by atoms with Crippen LogP contribution in [0.15, 0.2) is 6.07 Å². The van der Waals surface area contributed by atoms with E-state index in [0.29, 0.717) is 12.2 Å². The number of nitrogens with one attached hydrogen (secondary N) is 2. The van der Waals surface area contributed by atoms with Gasteiger partial charge in [0.1, 0.15) is 5.69 Å². The molecule has 0 spiro atoms. The third kappa shape index (κ3) is 4.82. The zero-order chi connectivity index (χ0) is 15.2. The molecular weight excluding hydrogens is 268 g/mol. The largest absolute Gasteiger partial charge is 0.373 e. The highest BCUT2D eigenvalue weighted by Crippen LogP contribution is 2.09. The molecule has 0 bridgehead atoms. The number of aryl methyl sites for hydroxylation is 1. The van der Waals surface area contributed by atoms with Crippen LogP contribution in [0.3, 0.4) is 0 Å². The monoisotopic (exact) mass is 294 g/mol. The van der Waals surface area contributed by atoms with Gasteiger partial charge in [-0.05, 0) is 26.3 Å². The molecule has 2 N–H and O–H groups in total. The standard InChI is InChI=1S/C15H26N4O2/c1-4-5-13-8-14(18-17-13)15(20)16-6-7-19-9-11(2)21-12(3)10-19/h8,11-12H,4-7,9-10H2,1-3H3,(H,16,20)(H,17,18)/t11-,12-/m0/s1. The topological polar surface area (TPSA) is 70.2 Å². The highest BCUT2D eigenvalue weighted by atomic mass is 16.5. The number of rotatable bonds is 6. The first-order valence-electron chi connectivity index (χ1n) is 7.78. The number of H-pyrrole nitrogens is 1. The van der Waals surface area contributed by atoms with Crippen molar-refractivity contribution in [3.8, 4) is 0 Å². The average molecular weight is 294 g/mol. The molecule has 6 heteroatoms. The third-order valence-electron chi connectivity index (χ3n) is 3.59. The molecule has 1 aliphatic heterocycles. The Morgan fingerprint density at radius 2 is 2.19 bits per heavy atom. The van der Waals surface area contributed by atoms with Gasteiger partial charge in [0.05, 0.1) is 12.2 Å². The minimum absolute atomic E-state index is 0.108. The summed E-state index contributed by atoms with van der Waals surface area (Å²) in [6.07, 6.45) is 2.47. The summed E-state index contributed by atoms with van der Waals surface area (Å²) in [6.45, 7) is 9.59. The van der Waals surface area contributed by atoms with E-state index in [0.717, 1.165) is 38.2 Å². The van der Waals surface area contributed by atoms with E-state index < -0.39 is 0 Å². The zero-order valence-corrected chi connectivity index (χ0v) is 13.2. The summed E-state index contributed by atoms with van der Waals surface area (Å²) in [5, 5.41) is 9.88. The molecule has 0 saturated carbocycles. The van der Waals surface area contributed by atoms with E-state index in [1.165, 1.54) is 0 Å². The van der Waals surface area contributed by atoms with E-state index in [4.69, 9.17) is 4.74 Å². The van der Waals surface area contributed by atoms with Crippen LogP contribution in [0, 0.1) is 0 Å². The lowest BCUT2D eigenvalue weighted by Gasteiger charge is -2.35. The predicted octanol–water partition coefficient (Wildman–Crippen LogP) is 1.20. The number of carbonyl (C=O) groups is 1. The van der Waals surface area contributed by atoms with Crippen molar-refractivity contribution in [3.05, 3.63) is 17.5 Å². The minimum atomic E-state index is -0.108. The summed E-state index contributed by atoms with van der Waals surface area (Å²) >= 11 is 0. The molecule has 1 amide bonds. The van der Waals surface area contributed by atoms with Crippen molar-refractivity contribution in [2.24, 2.45) is 0 Å². The molecule has 2 atom stereocenters. The molecule has 2 rings (SSSR count). The Labute approximate surface area is 126 Å². The first-order chi connectivity index (χ1) is 10.1. The van der Waals surface area contributed by atoms with Crippen LogP contribution in [0.1, 0.15) is 43.4 Å². The quantitative estimate of drug-likeness (QED) is 0.827. The lowest BCUT2D eigenvalue weighted by Crippen LogP contribution is -2.47. The molecule has 0 aliphatic carbocycles. The van der Waals surface area contributed by atoms with E-state index >= 15 is 0 Å². The van der Waals surface area contributed by atoms with Gasteiger partial charge in [0, 0.05) is 31.9 Å². The summed E-state index contributed by atoms with van der Waals surface area (Å²) in [5.74, 6) is -0.108. The molecule has 6 nitrogen and oxygen atoms in total. The van der Waals surface area contributed by atoms with Crippen LogP contribution in [-0.2, 0) is 11.2 Å². The molecule has 1 fully saturated rings. The van der Waals surface area contributed by atoms with Crippen LogP contribution in [0.25, 0.3) is 0 Å². The van der Waals surface area contributed by atoms with Gasteiger partial charge in [-0.1, -0.05) is 13.3 Å². The molecule has 1 aliphatic rings. The van der Waals surface area contributed by atoms with Gasteiger partial charge in [0.15, 0.2) is 0 Å². The van der Waals surface area contributed by atoms with Gasteiger partial charge in [-0.15, -0.1) is 0 Å². The van der Waals surface area contributed by atoms with Gasteiger partial charge in [-0.2, -0.15) is 5.10 Å². The van der Waals surface area contributed by atoms with E-state index in [-0.39, 0.29) is 18.1 Å². The zero-order valence-electron chi connectivity index (χ0n) is 13.2. The second-order valence-corrected chi connectivity index (χ2v) is 5.80. The smallest absolute Gasteiger partial charge is 0.271 e. The lowest BCUT2D eigenvalue weighted by atomic mass is 10.2. The van der Waals surface area contributed by atoms with E-state index in [9.17, 15) is 4.79 Å². The molecule has 1 saturated heterocycles. The van der Waals surface area contributed by atoms with Gasteiger partial charge in [-0.25, -0.2) is 0 Å². The van der Waals surface area contributed by atoms with Gasteiger partial charge < -0.3 is 10.1 Å². The minimum Gasteiger partial charge on any atom is -0.373 e. The van der Waals surface area contributed by atoms with E-state index in [1.54, 1.807) is 0 Å². The van der Waals surface area contributed by atoms with Gasteiger partial charge >= 0.3 is 0 Å². The Balaban J connectivity index is 1.73. The van der Waals surface area contributed by atoms with Crippen molar-refractivity contribution >= 4 is 5.91 Å². The first kappa shape index (κ1) is 16.0. The van der Waals surface area contributed by atoms with Crippen molar-refractivity contribution in [2.45, 2.75) is 45.8 Å². The fourth-order valence-electron chi connectivity index (χ4n) is 2.76. The van der Waals surface area contributed by atoms with Crippen molar-refractivity contribution in [2.75, 3.05) is 26.2 Å². The molecule has 1 aromatic rings. The number of nitrogens with zero attached hydrogens (tertiary/aromatic N) is 2. The molecule has 0 unspecified atom stereocenters. The summed E-state index contributed by atoms with van der Waals surface area (Å²) in [6, 6.07) is 1.83. The lowest BCUT2D eigenvalue weighted by molar-refractivity contribution is -0.0672. The number of amides is 1. The Bertz CT molecular complexity index is 450. The maximum absolute atomic E-state index is 12.0. The Morgan fingerprint density at radius 3 is 2.86 bits per heavy atom. The van der Waals surface area contributed by atoms with Crippen LogP contribution in [-0.4, -0.2) is 59.4 Å². The second kappa shape index (κ2) is 7.56. The summed E-state index contributed by atoms with van der Waals surface area (Å²) in [7, 11) is 0. The Hall–Kier alpha value is -1.40. The number of aromatic nitrogens is 2. The molecule has 118 valence electrons. The normalized spacial score (nSPS) is 23.2. The highest BCUT2D eigenvalue weighted by Gasteiger charge is 2.21. The maximum Gasteiger partial charge on any atom is 0.271 e. The molecule has 1 aromatic heterocycles. The van der Waals surface area contributed by atoms with Gasteiger partial charge in [0.2, 0.25) is 0 Å². The van der Waals surface area contributed by atoms with Crippen molar-refractivity contribution in [3.63, 3.8) is 0 Å². The van der Waals surface area contributed by atoms with Crippen molar-refractivity contribution in [1.29, 1.82) is 0 Å². The number of aromatic amines is 1. The molecule has 0 radical (unpaired) electrons. The Kier molecular flexibility index (Phi) is 5.76. The van der Waals surface area contributed by atoms with Crippen LogP contribution < -0.4 is 5.32 Å². The molecule has 0 aromatic carbocycles. The Morgan fingerprint density at radius 1 is 1.48 bits per heavy atom. The number of morpholine rings is 1. The summed E-state index contributed by atoms with van der Waals surface area (Å²) in [5.41, 5.74) is 1.49. The predicted molar refractivity (Wildman–Crippen MR) is 81.4 cm³/mol. The van der Waals surface area contributed by atoms with E-state index in [2.05, 4.69) is 41.2 Å². The summed E-state index contributed by atoms with van der Waals surface area (Å²) in [4.78, 5) is 14.3. The van der Waals surface area contributed by atoms with Crippen LogP contribution in [0.5, 0.6) is 0 Å². The molecule has 21 heavy (non-hydrogen) atoms. The van der Waals surface area contributed by atoms with Crippen molar-refractivity contribution in [1.82, 2.24) is 20.4 Å². The number of carbonyl (C=O) groups excluding carboxylic acids is 1. The van der Waals surface area contributed by atoms with Crippen LogP contribution >= 0.6 is 0 Å². The van der Waals surface area contributed by atoms with Crippen LogP contribution in [0.4, 0.5) is 0 Å². The second-order valence-electron chi connectivity index (χ2n) is 5.80. The van der Waals surface area contributed by atoms with Gasteiger partial charge in [0.25, 0.3) is 5.91 Å². The van der Waals surface area contributed by atoms with Crippen LogP contribution in [0.2, 0.25) is 0 Å². The van der Waals surface area contributed by atoms with E-state index in [1.807, 2.05) is 6.07 Å². The maximum atomic E-state index is 12.0. The van der Waals surface area contributed by atoms with Crippen molar-refractivity contribution < 1.29 is 9.53 Å². The fraction of sp³-hybridized carbons (Fsp3) is 0.733. The number of hydrogen-bond acceptors (Lipinski definition) is 4.